The van der Waals surface area contributed by atoms with Gasteiger partial charge in [-0.25, -0.2) is 0 Å². The third kappa shape index (κ3) is 1.95. The normalized spacial score (nSPS) is 9.80. The SMILES string of the molecule is NCc1ccc(CI)cc1. The molecule has 2 heteroatoms. The van der Waals surface area contributed by atoms with Gasteiger partial charge in [-0.05, 0) is 11.1 Å². The minimum Gasteiger partial charge on any atom is -0.326 e. The molecular weight excluding hydrogens is 237 g/mol. The van der Waals surface area contributed by atoms with Crippen molar-refractivity contribution in [3.8, 4) is 0 Å². The number of benzene rings is 1. The van der Waals surface area contributed by atoms with Crippen molar-refractivity contribution in [2.45, 2.75) is 11.0 Å². The van der Waals surface area contributed by atoms with Gasteiger partial charge in [0.2, 0.25) is 0 Å². The molecule has 0 atom stereocenters. The maximum atomic E-state index is 5.44. The van der Waals surface area contributed by atoms with Crippen LogP contribution in [-0.2, 0) is 11.0 Å². The van der Waals surface area contributed by atoms with E-state index in [9.17, 15) is 0 Å². The summed E-state index contributed by atoms with van der Waals surface area (Å²) in [6, 6.07) is 8.39. The number of nitrogens with two attached hydrogens (primary N) is 1. The molecule has 10 heavy (non-hydrogen) atoms. The largest absolute Gasteiger partial charge is 0.326 e. The number of halogens is 1. The zero-order chi connectivity index (χ0) is 7.40. The third-order valence-corrected chi connectivity index (χ3v) is 2.29. The van der Waals surface area contributed by atoms with Crippen LogP contribution in [0.3, 0.4) is 0 Å². The van der Waals surface area contributed by atoms with E-state index in [1.165, 1.54) is 11.1 Å². The molecule has 0 heterocycles. The van der Waals surface area contributed by atoms with E-state index >= 15 is 0 Å². The van der Waals surface area contributed by atoms with E-state index in [0.717, 1.165) is 4.43 Å². The van der Waals surface area contributed by atoms with Gasteiger partial charge in [0, 0.05) is 11.0 Å². The first-order valence-corrected chi connectivity index (χ1v) is 4.73. The van der Waals surface area contributed by atoms with Crippen LogP contribution >= 0.6 is 22.6 Å². The van der Waals surface area contributed by atoms with Crippen molar-refractivity contribution >= 4 is 22.6 Å². The van der Waals surface area contributed by atoms with Gasteiger partial charge >= 0.3 is 0 Å². The molecule has 54 valence electrons. The van der Waals surface area contributed by atoms with Crippen LogP contribution < -0.4 is 5.73 Å². The molecule has 0 saturated heterocycles. The van der Waals surface area contributed by atoms with Gasteiger partial charge in [0.05, 0.1) is 0 Å². The first-order chi connectivity index (χ1) is 4.86. The lowest BCUT2D eigenvalue weighted by Gasteiger charge is -1.96. The molecule has 0 aliphatic carbocycles. The Bertz CT molecular complexity index is 170. The zero-order valence-corrected chi connectivity index (χ0v) is 7.84. The monoisotopic (exact) mass is 247 g/mol. The molecular formula is C8H10IN. The van der Waals surface area contributed by atoms with Crippen molar-refractivity contribution in [3.63, 3.8) is 0 Å². The second-order valence-electron chi connectivity index (χ2n) is 2.15. The summed E-state index contributed by atoms with van der Waals surface area (Å²) in [5.74, 6) is 0. The van der Waals surface area contributed by atoms with Crippen molar-refractivity contribution in [2.75, 3.05) is 0 Å². The van der Waals surface area contributed by atoms with E-state index < -0.39 is 0 Å². The average Bonchev–Trinajstić information content (AvgIpc) is 2.05. The Morgan fingerprint density at radius 2 is 1.60 bits per heavy atom. The fraction of sp³-hybridized carbons (Fsp3) is 0.250. The molecule has 0 spiro atoms. The first kappa shape index (κ1) is 8.01. The maximum absolute atomic E-state index is 5.44. The molecule has 0 saturated carbocycles. The highest BCUT2D eigenvalue weighted by atomic mass is 127. The molecule has 0 radical (unpaired) electrons. The van der Waals surface area contributed by atoms with Gasteiger partial charge in [0.15, 0.2) is 0 Å². The van der Waals surface area contributed by atoms with Crippen molar-refractivity contribution in [2.24, 2.45) is 5.73 Å². The number of alkyl halides is 1. The van der Waals surface area contributed by atoms with Crippen LogP contribution in [0.25, 0.3) is 0 Å². The third-order valence-electron chi connectivity index (χ3n) is 1.41. The van der Waals surface area contributed by atoms with Crippen LogP contribution in [0.5, 0.6) is 0 Å². The van der Waals surface area contributed by atoms with Gasteiger partial charge in [0.25, 0.3) is 0 Å². The Morgan fingerprint density at radius 3 is 2.00 bits per heavy atom. The Hall–Kier alpha value is -0.0900. The molecule has 1 rings (SSSR count). The van der Waals surface area contributed by atoms with Gasteiger partial charge in [0.1, 0.15) is 0 Å². The van der Waals surface area contributed by atoms with Gasteiger partial charge in [-0.15, -0.1) is 0 Å². The molecule has 0 amide bonds. The maximum Gasteiger partial charge on any atom is 0.0247 e. The van der Waals surface area contributed by atoms with Crippen LogP contribution in [0.1, 0.15) is 11.1 Å². The Kier molecular flexibility index (Phi) is 3.15. The molecule has 0 unspecified atom stereocenters. The summed E-state index contributed by atoms with van der Waals surface area (Å²) < 4.78 is 1.07. The summed E-state index contributed by atoms with van der Waals surface area (Å²) in [7, 11) is 0. The molecule has 0 aliphatic heterocycles. The van der Waals surface area contributed by atoms with E-state index in [1.54, 1.807) is 0 Å². The van der Waals surface area contributed by atoms with Crippen LogP contribution in [-0.4, -0.2) is 0 Å². The Balaban J connectivity index is 2.80. The predicted molar refractivity (Wildman–Crippen MR) is 52.1 cm³/mol. The fourth-order valence-corrected chi connectivity index (χ4v) is 1.27. The summed E-state index contributed by atoms with van der Waals surface area (Å²) in [6.07, 6.45) is 0. The lowest BCUT2D eigenvalue weighted by Crippen LogP contribution is -1.95. The highest BCUT2D eigenvalue weighted by molar-refractivity contribution is 14.1. The smallest absolute Gasteiger partial charge is 0.0247 e. The molecule has 0 bridgehead atoms. The second-order valence-corrected chi connectivity index (χ2v) is 2.92. The van der Waals surface area contributed by atoms with E-state index in [-0.39, 0.29) is 0 Å². The molecule has 0 fully saturated rings. The topological polar surface area (TPSA) is 26.0 Å². The minimum absolute atomic E-state index is 0.640. The standard InChI is InChI=1S/C8H10IN/c9-5-7-1-3-8(6-10)4-2-7/h1-4H,5-6,10H2. The molecule has 0 aromatic heterocycles. The number of hydrogen-bond donors (Lipinski definition) is 1. The van der Waals surface area contributed by atoms with Gasteiger partial charge < -0.3 is 5.73 Å². The lowest BCUT2D eigenvalue weighted by atomic mass is 10.2. The van der Waals surface area contributed by atoms with Crippen molar-refractivity contribution in [1.29, 1.82) is 0 Å². The predicted octanol–water partition coefficient (Wildman–Crippen LogP) is 2.08. The van der Waals surface area contributed by atoms with Crippen molar-refractivity contribution in [3.05, 3.63) is 35.4 Å². The van der Waals surface area contributed by atoms with E-state index in [0.29, 0.717) is 6.54 Å². The van der Waals surface area contributed by atoms with Crippen LogP contribution in [0, 0.1) is 0 Å². The van der Waals surface area contributed by atoms with Gasteiger partial charge in [-0.1, -0.05) is 46.9 Å². The lowest BCUT2D eigenvalue weighted by molar-refractivity contribution is 1.07. The minimum atomic E-state index is 0.640. The number of hydrogen-bond acceptors (Lipinski definition) is 1. The molecule has 0 aliphatic rings. The highest BCUT2D eigenvalue weighted by Gasteiger charge is 1.89. The summed E-state index contributed by atoms with van der Waals surface area (Å²) in [5, 5.41) is 0. The van der Waals surface area contributed by atoms with Gasteiger partial charge in [-0.2, -0.15) is 0 Å². The summed E-state index contributed by atoms with van der Waals surface area (Å²) in [5.41, 5.74) is 8.00. The van der Waals surface area contributed by atoms with E-state index in [4.69, 9.17) is 5.73 Å². The second kappa shape index (κ2) is 3.93. The van der Waals surface area contributed by atoms with Crippen molar-refractivity contribution in [1.82, 2.24) is 0 Å². The molecule has 2 N–H and O–H groups in total. The van der Waals surface area contributed by atoms with Crippen LogP contribution in [0.4, 0.5) is 0 Å². The Morgan fingerprint density at radius 1 is 1.10 bits per heavy atom. The van der Waals surface area contributed by atoms with Crippen molar-refractivity contribution < 1.29 is 0 Å². The molecule has 1 aromatic rings. The summed E-state index contributed by atoms with van der Waals surface area (Å²) in [6.45, 7) is 0.640. The summed E-state index contributed by atoms with van der Waals surface area (Å²) >= 11 is 2.35. The Labute approximate surface area is 74.8 Å². The van der Waals surface area contributed by atoms with E-state index in [1.807, 2.05) is 0 Å². The summed E-state index contributed by atoms with van der Waals surface area (Å²) in [4.78, 5) is 0. The van der Waals surface area contributed by atoms with Gasteiger partial charge in [-0.3, -0.25) is 0 Å². The quantitative estimate of drug-likeness (QED) is 0.628. The fourth-order valence-electron chi connectivity index (χ4n) is 0.764. The van der Waals surface area contributed by atoms with Crippen LogP contribution in [0.15, 0.2) is 24.3 Å². The molecule has 1 nitrogen and oxygen atoms in total. The zero-order valence-electron chi connectivity index (χ0n) is 5.68. The average molecular weight is 247 g/mol. The van der Waals surface area contributed by atoms with Crippen LogP contribution in [0.2, 0.25) is 0 Å². The highest BCUT2D eigenvalue weighted by Crippen LogP contribution is 2.07. The molecule has 1 aromatic carbocycles. The van der Waals surface area contributed by atoms with E-state index in [2.05, 4.69) is 46.9 Å². The number of rotatable bonds is 2. The first-order valence-electron chi connectivity index (χ1n) is 3.20.